The van der Waals surface area contributed by atoms with E-state index in [2.05, 4.69) is 5.32 Å². The third kappa shape index (κ3) is 2.91. The Balaban J connectivity index is 2.19. The lowest BCUT2D eigenvalue weighted by Gasteiger charge is -2.17. The highest BCUT2D eigenvalue weighted by atomic mass is 16.2. The van der Waals surface area contributed by atoms with E-state index in [1.807, 2.05) is 20.8 Å². The second-order valence-corrected chi connectivity index (χ2v) is 4.40. The molecule has 0 aliphatic heterocycles. The van der Waals surface area contributed by atoms with Crippen LogP contribution in [-0.2, 0) is 4.79 Å². The van der Waals surface area contributed by atoms with E-state index < -0.39 is 0 Å². The van der Waals surface area contributed by atoms with Crippen molar-refractivity contribution < 1.29 is 4.79 Å². The fourth-order valence-corrected chi connectivity index (χ4v) is 0.824. The van der Waals surface area contributed by atoms with Gasteiger partial charge in [-0.3, -0.25) is 4.79 Å². The Morgan fingerprint density at radius 3 is 2.36 bits per heavy atom. The summed E-state index contributed by atoms with van der Waals surface area (Å²) in [6, 6.07) is 0. The van der Waals surface area contributed by atoms with E-state index in [0.29, 0.717) is 0 Å². The maximum Gasteiger partial charge on any atom is 0.225 e. The average molecular weight is 155 g/mol. The van der Waals surface area contributed by atoms with Gasteiger partial charge in [0.25, 0.3) is 0 Å². The fourth-order valence-electron chi connectivity index (χ4n) is 0.824. The third-order valence-corrected chi connectivity index (χ3v) is 1.93. The van der Waals surface area contributed by atoms with Crippen LogP contribution in [-0.4, -0.2) is 12.5 Å². The molecule has 0 heterocycles. The summed E-state index contributed by atoms with van der Waals surface area (Å²) in [5, 5.41) is 2.95. The second-order valence-electron chi connectivity index (χ2n) is 4.40. The van der Waals surface area contributed by atoms with E-state index in [-0.39, 0.29) is 11.3 Å². The zero-order valence-corrected chi connectivity index (χ0v) is 7.61. The topological polar surface area (TPSA) is 29.1 Å². The number of hydrogen-bond acceptors (Lipinski definition) is 1. The molecule has 1 rings (SSSR count). The number of nitrogens with one attached hydrogen (secondary N) is 1. The highest BCUT2D eigenvalue weighted by Crippen LogP contribution is 2.27. The zero-order valence-electron chi connectivity index (χ0n) is 7.61. The summed E-state index contributed by atoms with van der Waals surface area (Å²) in [5.74, 6) is 0.950. The average Bonchev–Trinajstić information content (AvgIpc) is 2.62. The molecule has 0 aromatic carbocycles. The van der Waals surface area contributed by atoms with Crippen LogP contribution in [0.3, 0.4) is 0 Å². The van der Waals surface area contributed by atoms with Crippen LogP contribution in [0, 0.1) is 11.3 Å². The predicted molar refractivity (Wildman–Crippen MR) is 45.2 cm³/mol. The normalized spacial score (nSPS) is 18.1. The molecule has 0 atom stereocenters. The van der Waals surface area contributed by atoms with E-state index in [9.17, 15) is 4.79 Å². The van der Waals surface area contributed by atoms with Gasteiger partial charge < -0.3 is 5.32 Å². The molecule has 0 aromatic rings. The van der Waals surface area contributed by atoms with E-state index in [0.717, 1.165) is 12.5 Å². The number of rotatable bonds is 2. The van der Waals surface area contributed by atoms with E-state index in [1.54, 1.807) is 0 Å². The summed E-state index contributed by atoms with van der Waals surface area (Å²) >= 11 is 0. The molecule has 2 nitrogen and oxygen atoms in total. The van der Waals surface area contributed by atoms with Crippen LogP contribution in [0.5, 0.6) is 0 Å². The quantitative estimate of drug-likeness (QED) is 0.644. The van der Waals surface area contributed by atoms with Crippen molar-refractivity contribution in [3.05, 3.63) is 0 Å². The number of hydrogen-bond donors (Lipinski definition) is 1. The smallest absolute Gasteiger partial charge is 0.225 e. The van der Waals surface area contributed by atoms with Crippen molar-refractivity contribution in [2.24, 2.45) is 11.3 Å². The standard InChI is InChI=1S/C9H17NO/c1-9(2,3)8(11)10-6-7-4-5-7/h7H,4-6H2,1-3H3,(H,10,11). The largest absolute Gasteiger partial charge is 0.355 e. The van der Waals surface area contributed by atoms with Crippen LogP contribution >= 0.6 is 0 Å². The summed E-state index contributed by atoms with van der Waals surface area (Å²) < 4.78 is 0. The van der Waals surface area contributed by atoms with Gasteiger partial charge in [-0.1, -0.05) is 20.8 Å². The molecule has 1 amide bonds. The second kappa shape index (κ2) is 2.84. The zero-order chi connectivity index (χ0) is 8.48. The van der Waals surface area contributed by atoms with Crippen molar-refractivity contribution in [1.29, 1.82) is 0 Å². The number of carbonyl (C=O) groups is 1. The molecule has 0 radical (unpaired) electrons. The number of carbonyl (C=O) groups excluding carboxylic acids is 1. The van der Waals surface area contributed by atoms with E-state index in [1.165, 1.54) is 12.8 Å². The summed E-state index contributed by atoms with van der Waals surface area (Å²) in [6.45, 7) is 6.70. The minimum absolute atomic E-state index is 0.171. The molecular weight excluding hydrogens is 138 g/mol. The number of amides is 1. The van der Waals surface area contributed by atoms with Gasteiger partial charge >= 0.3 is 0 Å². The molecule has 0 aromatic heterocycles. The molecule has 1 aliphatic rings. The minimum Gasteiger partial charge on any atom is -0.355 e. The molecule has 0 unspecified atom stereocenters. The van der Waals surface area contributed by atoms with Crippen molar-refractivity contribution >= 4 is 5.91 Å². The van der Waals surface area contributed by atoms with E-state index >= 15 is 0 Å². The van der Waals surface area contributed by atoms with Gasteiger partial charge in [0, 0.05) is 12.0 Å². The summed E-state index contributed by atoms with van der Waals surface area (Å²) in [7, 11) is 0. The van der Waals surface area contributed by atoms with Crippen molar-refractivity contribution in [3.8, 4) is 0 Å². The minimum atomic E-state index is -0.227. The van der Waals surface area contributed by atoms with Crippen LogP contribution in [0.15, 0.2) is 0 Å². The Hall–Kier alpha value is -0.530. The summed E-state index contributed by atoms with van der Waals surface area (Å²) in [6.07, 6.45) is 2.59. The van der Waals surface area contributed by atoms with Gasteiger partial charge in [-0.2, -0.15) is 0 Å². The lowest BCUT2D eigenvalue weighted by molar-refractivity contribution is -0.128. The van der Waals surface area contributed by atoms with E-state index in [4.69, 9.17) is 0 Å². The van der Waals surface area contributed by atoms with Crippen molar-refractivity contribution in [2.75, 3.05) is 6.54 Å². The molecule has 1 aliphatic carbocycles. The predicted octanol–water partition coefficient (Wildman–Crippen LogP) is 1.56. The Kier molecular flexibility index (Phi) is 2.21. The maximum atomic E-state index is 11.3. The molecule has 0 spiro atoms. The van der Waals surface area contributed by atoms with Gasteiger partial charge in [0.05, 0.1) is 0 Å². The summed E-state index contributed by atoms with van der Waals surface area (Å²) in [5.41, 5.74) is -0.227. The van der Waals surface area contributed by atoms with Crippen LogP contribution in [0.2, 0.25) is 0 Å². The Morgan fingerprint density at radius 1 is 1.45 bits per heavy atom. The molecular formula is C9H17NO. The van der Waals surface area contributed by atoms with Gasteiger partial charge in [-0.05, 0) is 18.8 Å². The highest BCUT2D eigenvalue weighted by Gasteiger charge is 2.25. The molecule has 64 valence electrons. The van der Waals surface area contributed by atoms with Crippen molar-refractivity contribution in [1.82, 2.24) is 5.32 Å². The first-order valence-electron chi connectivity index (χ1n) is 4.28. The van der Waals surface area contributed by atoms with Crippen LogP contribution in [0.4, 0.5) is 0 Å². The molecule has 1 fully saturated rings. The van der Waals surface area contributed by atoms with Gasteiger partial charge in [0.1, 0.15) is 0 Å². The molecule has 1 N–H and O–H groups in total. The van der Waals surface area contributed by atoms with Gasteiger partial charge in [0.2, 0.25) is 5.91 Å². The first-order chi connectivity index (χ1) is 5.00. The van der Waals surface area contributed by atoms with Crippen LogP contribution in [0.1, 0.15) is 33.6 Å². The van der Waals surface area contributed by atoms with Crippen LogP contribution < -0.4 is 5.32 Å². The lowest BCUT2D eigenvalue weighted by Crippen LogP contribution is -2.35. The Labute approximate surface area is 68.4 Å². The molecule has 1 saturated carbocycles. The SMILES string of the molecule is CC(C)(C)C(=O)NCC1CC1. The van der Waals surface area contributed by atoms with Crippen molar-refractivity contribution in [3.63, 3.8) is 0 Å². The highest BCUT2D eigenvalue weighted by molar-refractivity contribution is 5.81. The monoisotopic (exact) mass is 155 g/mol. The third-order valence-electron chi connectivity index (χ3n) is 1.93. The maximum absolute atomic E-state index is 11.3. The molecule has 0 saturated heterocycles. The van der Waals surface area contributed by atoms with Gasteiger partial charge in [-0.15, -0.1) is 0 Å². The van der Waals surface area contributed by atoms with Crippen LogP contribution in [0.25, 0.3) is 0 Å². The molecule has 0 bridgehead atoms. The Morgan fingerprint density at radius 2 is 2.00 bits per heavy atom. The first-order valence-corrected chi connectivity index (χ1v) is 4.28. The molecule has 11 heavy (non-hydrogen) atoms. The lowest BCUT2D eigenvalue weighted by atomic mass is 9.96. The summed E-state index contributed by atoms with van der Waals surface area (Å²) in [4.78, 5) is 11.3. The van der Waals surface area contributed by atoms with Gasteiger partial charge in [-0.25, -0.2) is 0 Å². The van der Waals surface area contributed by atoms with Crippen molar-refractivity contribution in [2.45, 2.75) is 33.6 Å². The van der Waals surface area contributed by atoms with Gasteiger partial charge in [0.15, 0.2) is 0 Å². The molecule has 2 heteroatoms. The first kappa shape index (κ1) is 8.57. The fraction of sp³-hybridized carbons (Fsp3) is 0.889. The Bertz CT molecular complexity index is 153.